The second-order valence-electron chi connectivity index (χ2n) is 5.31. The Balaban J connectivity index is 2.14. The third kappa shape index (κ3) is 7.20. The van der Waals surface area contributed by atoms with E-state index in [0.717, 1.165) is 19.3 Å². The van der Waals surface area contributed by atoms with E-state index >= 15 is 0 Å². The predicted molar refractivity (Wildman–Crippen MR) is 86.0 cm³/mol. The van der Waals surface area contributed by atoms with Gasteiger partial charge in [0.25, 0.3) is 0 Å². The third-order valence-electron chi connectivity index (χ3n) is 3.39. The highest BCUT2D eigenvalue weighted by Gasteiger charge is 2.14. The van der Waals surface area contributed by atoms with Crippen LogP contribution in [0.3, 0.4) is 0 Å². The molecule has 0 aliphatic carbocycles. The first-order chi connectivity index (χ1) is 10.6. The lowest BCUT2D eigenvalue weighted by Crippen LogP contribution is -2.36. The number of nitrogens with one attached hydrogen (secondary N) is 2. The van der Waals surface area contributed by atoms with E-state index in [9.17, 15) is 14.0 Å². The smallest absolute Gasteiger partial charge is 0.313 e. The van der Waals surface area contributed by atoms with Gasteiger partial charge in [-0.3, -0.25) is 9.59 Å². The van der Waals surface area contributed by atoms with Gasteiger partial charge in [-0.2, -0.15) is 0 Å². The molecular formula is C17H25FN2O2. The number of hydrogen-bond donors (Lipinski definition) is 2. The average Bonchev–Trinajstić information content (AvgIpc) is 2.52. The molecule has 0 saturated carbocycles. The summed E-state index contributed by atoms with van der Waals surface area (Å²) in [7, 11) is 0. The molecule has 1 aromatic carbocycles. The number of amides is 2. The molecular weight excluding hydrogens is 283 g/mol. The maximum atomic E-state index is 13.3. The van der Waals surface area contributed by atoms with E-state index in [1.54, 1.807) is 6.07 Å². The van der Waals surface area contributed by atoms with Gasteiger partial charge in [0.2, 0.25) is 0 Å². The van der Waals surface area contributed by atoms with Crippen molar-refractivity contribution in [3.63, 3.8) is 0 Å². The Morgan fingerprint density at radius 1 is 0.955 bits per heavy atom. The molecule has 0 atom stereocenters. The number of anilines is 1. The van der Waals surface area contributed by atoms with E-state index in [2.05, 4.69) is 17.6 Å². The molecule has 4 nitrogen and oxygen atoms in total. The summed E-state index contributed by atoms with van der Waals surface area (Å²) in [4.78, 5) is 23.2. The van der Waals surface area contributed by atoms with Crippen LogP contribution < -0.4 is 10.6 Å². The molecule has 1 rings (SSSR count). The van der Waals surface area contributed by atoms with Gasteiger partial charge >= 0.3 is 11.8 Å². The van der Waals surface area contributed by atoms with Crippen molar-refractivity contribution in [3.05, 3.63) is 30.1 Å². The molecule has 0 spiro atoms. The molecule has 0 heterocycles. The molecule has 0 aromatic heterocycles. The lowest BCUT2D eigenvalue weighted by atomic mass is 10.1. The van der Waals surface area contributed by atoms with E-state index in [1.165, 1.54) is 43.9 Å². The van der Waals surface area contributed by atoms with Crippen LogP contribution >= 0.6 is 0 Å². The predicted octanol–water partition coefficient (Wildman–Crippen LogP) is 3.63. The Kier molecular flexibility index (Phi) is 8.88. The molecule has 0 aliphatic heterocycles. The minimum Gasteiger partial charge on any atom is -0.348 e. The minimum atomic E-state index is -0.840. The summed E-state index contributed by atoms with van der Waals surface area (Å²) in [6, 6.07) is 5.75. The maximum Gasteiger partial charge on any atom is 0.313 e. The monoisotopic (exact) mass is 308 g/mol. The highest BCUT2D eigenvalue weighted by Crippen LogP contribution is 2.12. The Hall–Kier alpha value is -1.91. The summed E-state index contributed by atoms with van der Waals surface area (Å²) in [5.74, 6) is -2.13. The van der Waals surface area contributed by atoms with Crippen LogP contribution in [0.15, 0.2) is 24.3 Å². The summed E-state index contributed by atoms with van der Waals surface area (Å²) in [5.41, 5.74) is 0.0126. The van der Waals surface area contributed by atoms with Crippen LogP contribution in [-0.2, 0) is 9.59 Å². The fraction of sp³-hybridized carbons (Fsp3) is 0.529. The van der Waals surface area contributed by atoms with Crippen molar-refractivity contribution in [2.75, 3.05) is 11.9 Å². The SMILES string of the molecule is CCCCCCCCCNC(=O)C(=O)Nc1ccccc1F. The van der Waals surface area contributed by atoms with Crippen LogP contribution in [0.4, 0.5) is 10.1 Å². The zero-order valence-electron chi connectivity index (χ0n) is 13.2. The Bertz CT molecular complexity index is 477. The first-order valence-corrected chi connectivity index (χ1v) is 7.99. The van der Waals surface area contributed by atoms with Crippen LogP contribution in [0.2, 0.25) is 0 Å². The van der Waals surface area contributed by atoms with Crippen molar-refractivity contribution in [2.45, 2.75) is 51.9 Å². The van der Waals surface area contributed by atoms with E-state index in [-0.39, 0.29) is 5.69 Å². The Morgan fingerprint density at radius 3 is 2.27 bits per heavy atom. The maximum absolute atomic E-state index is 13.3. The van der Waals surface area contributed by atoms with Gasteiger partial charge in [0.05, 0.1) is 5.69 Å². The van der Waals surface area contributed by atoms with Gasteiger partial charge in [-0.1, -0.05) is 57.6 Å². The molecule has 1 aromatic rings. The van der Waals surface area contributed by atoms with Crippen LogP contribution in [0.5, 0.6) is 0 Å². The molecule has 0 aliphatic rings. The first-order valence-electron chi connectivity index (χ1n) is 7.99. The second-order valence-corrected chi connectivity index (χ2v) is 5.31. The van der Waals surface area contributed by atoms with Crippen molar-refractivity contribution in [3.8, 4) is 0 Å². The van der Waals surface area contributed by atoms with Gasteiger partial charge < -0.3 is 10.6 Å². The number of halogens is 1. The molecule has 0 fully saturated rings. The van der Waals surface area contributed by atoms with E-state index < -0.39 is 17.6 Å². The van der Waals surface area contributed by atoms with Crippen molar-refractivity contribution >= 4 is 17.5 Å². The van der Waals surface area contributed by atoms with Crippen LogP contribution in [0, 0.1) is 5.82 Å². The molecule has 0 unspecified atom stereocenters. The molecule has 0 saturated heterocycles. The summed E-state index contributed by atoms with van der Waals surface area (Å²) in [6.07, 6.45) is 8.02. The fourth-order valence-electron chi connectivity index (χ4n) is 2.11. The van der Waals surface area contributed by atoms with Crippen LogP contribution in [0.25, 0.3) is 0 Å². The highest BCUT2D eigenvalue weighted by molar-refractivity contribution is 6.39. The van der Waals surface area contributed by atoms with Crippen molar-refractivity contribution < 1.29 is 14.0 Å². The molecule has 0 bridgehead atoms. The number of benzene rings is 1. The number of carbonyl (C=O) groups excluding carboxylic acids is 2. The molecule has 122 valence electrons. The van der Waals surface area contributed by atoms with E-state index in [0.29, 0.717) is 6.54 Å². The lowest BCUT2D eigenvalue weighted by molar-refractivity contribution is -0.136. The highest BCUT2D eigenvalue weighted by atomic mass is 19.1. The first kappa shape index (κ1) is 18.1. The molecule has 0 radical (unpaired) electrons. The van der Waals surface area contributed by atoms with Crippen LogP contribution in [-0.4, -0.2) is 18.4 Å². The Labute approximate surface area is 131 Å². The minimum absolute atomic E-state index is 0.0126. The van der Waals surface area contributed by atoms with Gasteiger partial charge in [-0.05, 0) is 18.6 Å². The van der Waals surface area contributed by atoms with Crippen molar-refractivity contribution in [2.24, 2.45) is 0 Å². The zero-order chi connectivity index (χ0) is 16.2. The number of para-hydroxylation sites is 1. The largest absolute Gasteiger partial charge is 0.348 e. The van der Waals surface area contributed by atoms with Crippen molar-refractivity contribution in [1.82, 2.24) is 5.32 Å². The second kappa shape index (κ2) is 10.8. The zero-order valence-corrected chi connectivity index (χ0v) is 13.2. The van der Waals surface area contributed by atoms with E-state index in [1.807, 2.05) is 0 Å². The summed E-state index contributed by atoms with van der Waals surface area (Å²) < 4.78 is 13.3. The van der Waals surface area contributed by atoms with Gasteiger partial charge in [0.15, 0.2) is 0 Å². The number of rotatable bonds is 9. The molecule has 22 heavy (non-hydrogen) atoms. The summed E-state index contributed by atoms with van der Waals surface area (Å²) >= 11 is 0. The van der Waals surface area contributed by atoms with Gasteiger partial charge in [0.1, 0.15) is 5.82 Å². The number of unbranched alkanes of at least 4 members (excludes halogenated alkanes) is 6. The fourth-order valence-corrected chi connectivity index (χ4v) is 2.11. The molecule has 2 N–H and O–H groups in total. The number of carbonyl (C=O) groups is 2. The summed E-state index contributed by atoms with van der Waals surface area (Å²) in [6.45, 7) is 2.65. The summed E-state index contributed by atoms with van der Waals surface area (Å²) in [5, 5.41) is 4.81. The standard InChI is InChI=1S/C17H25FN2O2/c1-2-3-4-5-6-7-10-13-19-16(21)17(22)20-15-12-9-8-11-14(15)18/h8-9,11-12H,2-7,10,13H2,1H3,(H,19,21)(H,20,22). The molecule has 5 heteroatoms. The number of hydrogen-bond acceptors (Lipinski definition) is 2. The normalized spacial score (nSPS) is 10.3. The molecule has 2 amide bonds. The van der Waals surface area contributed by atoms with Crippen molar-refractivity contribution in [1.29, 1.82) is 0 Å². The van der Waals surface area contributed by atoms with E-state index in [4.69, 9.17) is 0 Å². The van der Waals surface area contributed by atoms with Gasteiger partial charge in [-0.15, -0.1) is 0 Å². The average molecular weight is 308 g/mol. The third-order valence-corrected chi connectivity index (χ3v) is 3.39. The van der Waals surface area contributed by atoms with Gasteiger partial charge in [-0.25, -0.2) is 4.39 Å². The van der Waals surface area contributed by atoms with Gasteiger partial charge in [0, 0.05) is 6.54 Å². The quantitative estimate of drug-likeness (QED) is 0.540. The Morgan fingerprint density at radius 2 is 1.59 bits per heavy atom. The topological polar surface area (TPSA) is 58.2 Å². The lowest BCUT2D eigenvalue weighted by Gasteiger charge is -2.07. The van der Waals surface area contributed by atoms with Crippen LogP contribution in [0.1, 0.15) is 51.9 Å².